The fourth-order valence-corrected chi connectivity index (χ4v) is 2.65. The van der Waals surface area contributed by atoms with Gasteiger partial charge in [0, 0.05) is 48.7 Å². The molecular formula is C15H18N2O2. The molecular weight excluding hydrogens is 240 g/mol. The zero-order chi connectivity index (χ0) is 13.2. The quantitative estimate of drug-likeness (QED) is 0.853. The minimum absolute atomic E-state index is 0.139. The number of hydrogen-bond donors (Lipinski definition) is 1. The number of para-hydroxylation sites is 1. The zero-order valence-electron chi connectivity index (χ0n) is 11.1. The number of carbonyl (C=O) groups excluding carboxylic acids is 1. The summed E-state index contributed by atoms with van der Waals surface area (Å²) in [7, 11) is 1.97. The summed E-state index contributed by atoms with van der Waals surface area (Å²) in [6.45, 7) is 2.18. The highest BCUT2D eigenvalue weighted by atomic mass is 16.5. The Balaban J connectivity index is 1.85. The molecule has 1 atom stereocenters. The smallest absolute Gasteiger partial charge is 0.166 e. The Morgan fingerprint density at radius 3 is 3.11 bits per heavy atom. The Hall–Kier alpha value is -1.65. The second-order valence-electron chi connectivity index (χ2n) is 5.02. The van der Waals surface area contributed by atoms with E-state index in [9.17, 15) is 4.79 Å². The van der Waals surface area contributed by atoms with Crippen LogP contribution >= 0.6 is 0 Å². The van der Waals surface area contributed by atoms with E-state index in [0.29, 0.717) is 13.0 Å². The average Bonchev–Trinajstić information content (AvgIpc) is 2.78. The number of Topliss-reactive ketones (excluding diaryl/α,β-unsaturated/α-hetero) is 1. The van der Waals surface area contributed by atoms with Gasteiger partial charge in [0.1, 0.15) is 0 Å². The van der Waals surface area contributed by atoms with Crippen LogP contribution in [0.25, 0.3) is 10.9 Å². The maximum Gasteiger partial charge on any atom is 0.166 e. The molecule has 1 aromatic carbocycles. The average molecular weight is 258 g/mol. The predicted octanol–water partition coefficient (Wildman–Crippen LogP) is 1.74. The molecule has 0 radical (unpaired) electrons. The van der Waals surface area contributed by atoms with Crippen LogP contribution in [0.3, 0.4) is 0 Å². The van der Waals surface area contributed by atoms with Crippen molar-refractivity contribution in [2.45, 2.75) is 12.5 Å². The Kier molecular flexibility index (Phi) is 3.36. The molecule has 0 amide bonds. The molecule has 2 heterocycles. The second-order valence-corrected chi connectivity index (χ2v) is 5.02. The van der Waals surface area contributed by atoms with Gasteiger partial charge in [0.15, 0.2) is 5.78 Å². The van der Waals surface area contributed by atoms with Crippen molar-refractivity contribution in [1.29, 1.82) is 0 Å². The van der Waals surface area contributed by atoms with Crippen molar-refractivity contribution in [3.8, 4) is 0 Å². The van der Waals surface area contributed by atoms with E-state index in [2.05, 4.69) is 5.32 Å². The van der Waals surface area contributed by atoms with Crippen LogP contribution in [0.1, 0.15) is 16.8 Å². The lowest BCUT2D eigenvalue weighted by atomic mass is 10.0. The van der Waals surface area contributed by atoms with Crippen LogP contribution in [0, 0.1) is 0 Å². The summed E-state index contributed by atoms with van der Waals surface area (Å²) in [4.78, 5) is 12.4. The lowest BCUT2D eigenvalue weighted by Gasteiger charge is -2.22. The molecule has 100 valence electrons. The van der Waals surface area contributed by atoms with Gasteiger partial charge in [0.2, 0.25) is 0 Å². The molecule has 1 N–H and O–H groups in total. The molecule has 4 nitrogen and oxygen atoms in total. The van der Waals surface area contributed by atoms with E-state index >= 15 is 0 Å². The second kappa shape index (κ2) is 5.15. The van der Waals surface area contributed by atoms with Gasteiger partial charge in [0.25, 0.3) is 0 Å². The van der Waals surface area contributed by atoms with Gasteiger partial charge >= 0.3 is 0 Å². The molecule has 19 heavy (non-hydrogen) atoms. The molecule has 2 aromatic rings. The minimum atomic E-state index is 0.139. The van der Waals surface area contributed by atoms with Gasteiger partial charge < -0.3 is 14.6 Å². The van der Waals surface area contributed by atoms with Crippen molar-refractivity contribution in [1.82, 2.24) is 9.88 Å². The van der Waals surface area contributed by atoms with Crippen LogP contribution in [-0.2, 0) is 11.8 Å². The van der Waals surface area contributed by atoms with Crippen LogP contribution in [-0.4, -0.2) is 36.2 Å². The van der Waals surface area contributed by atoms with Crippen LogP contribution < -0.4 is 5.32 Å². The van der Waals surface area contributed by atoms with Crippen molar-refractivity contribution in [2.24, 2.45) is 7.05 Å². The number of aryl methyl sites for hydroxylation is 1. The van der Waals surface area contributed by atoms with Gasteiger partial charge in [0.05, 0.1) is 13.2 Å². The van der Waals surface area contributed by atoms with Crippen molar-refractivity contribution in [3.63, 3.8) is 0 Å². The molecule has 1 saturated heterocycles. The first-order valence-electron chi connectivity index (χ1n) is 6.64. The van der Waals surface area contributed by atoms with E-state index in [0.717, 1.165) is 29.6 Å². The highest BCUT2D eigenvalue weighted by molar-refractivity contribution is 6.08. The van der Waals surface area contributed by atoms with E-state index in [1.807, 2.05) is 42.1 Å². The molecule has 4 heteroatoms. The lowest BCUT2D eigenvalue weighted by molar-refractivity contribution is 0.0676. The summed E-state index contributed by atoms with van der Waals surface area (Å²) < 4.78 is 7.40. The largest absolute Gasteiger partial charge is 0.378 e. The summed E-state index contributed by atoms with van der Waals surface area (Å²) in [5.74, 6) is 0.180. The van der Waals surface area contributed by atoms with Crippen molar-refractivity contribution in [2.75, 3.05) is 19.8 Å². The van der Waals surface area contributed by atoms with Crippen molar-refractivity contribution in [3.05, 3.63) is 36.0 Å². The van der Waals surface area contributed by atoms with Gasteiger partial charge in [-0.05, 0) is 6.07 Å². The van der Waals surface area contributed by atoms with E-state index in [1.165, 1.54) is 0 Å². The van der Waals surface area contributed by atoms with E-state index in [-0.39, 0.29) is 11.8 Å². The number of benzene rings is 1. The Bertz CT molecular complexity index is 597. The van der Waals surface area contributed by atoms with E-state index in [1.54, 1.807) is 0 Å². The van der Waals surface area contributed by atoms with Crippen LogP contribution in [0.4, 0.5) is 0 Å². The fraction of sp³-hybridized carbons (Fsp3) is 0.400. The third-order valence-corrected chi connectivity index (χ3v) is 3.63. The molecule has 1 aliphatic heterocycles. The molecule has 3 rings (SSSR count). The van der Waals surface area contributed by atoms with Gasteiger partial charge in [-0.15, -0.1) is 0 Å². The summed E-state index contributed by atoms with van der Waals surface area (Å²) in [6.07, 6.45) is 2.42. The number of aromatic nitrogens is 1. The van der Waals surface area contributed by atoms with Gasteiger partial charge in [-0.25, -0.2) is 0 Å². The number of rotatable bonds is 3. The SMILES string of the molecule is Cn1cc(C(=O)CC2COCCN2)c2ccccc21. The summed E-state index contributed by atoms with van der Waals surface area (Å²) in [5.41, 5.74) is 1.91. The van der Waals surface area contributed by atoms with Crippen molar-refractivity contribution < 1.29 is 9.53 Å². The van der Waals surface area contributed by atoms with Crippen LogP contribution in [0.15, 0.2) is 30.5 Å². The van der Waals surface area contributed by atoms with Crippen molar-refractivity contribution >= 4 is 16.7 Å². The lowest BCUT2D eigenvalue weighted by Crippen LogP contribution is -2.42. The number of carbonyl (C=O) groups is 1. The molecule has 1 aromatic heterocycles. The first-order valence-corrected chi connectivity index (χ1v) is 6.64. The Labute approximate surface area is 112 Å². The maximum absolute atomic E-state index is 12.4. The number of nitrogens with zero attached hydrogens (tertiary/aromatic N) is 1. The molecule has 0 aliphatic carbocycles. The van der Waals surface area contributed by atoms with Crippen LogP contribution in [0.2, 0.25) is 0 Å². The van der Waals surface area contributed by atoms with Gasteiger partial charge in [-0.1, -0.05) is 18.2 Å². The summed E-state index contributed by atoms with van der Waals surface area (Å²) in [5, 5.41) is 4.36. The van der Waals surface area contributed by atoms with E-state index < -0.39 is 0 Å². The Morgan fingerprint density at radius 1 is 1.47 bits per heavy atom. The minimum Gasteiger partial charge on any atom is -0.378 e. The van der Waals surface area contributed by atoms with E-state index in [4.69, 9.17) is 4.74 Å². The number of morpholine rings is 1. The monoisotopic (exact) mass is 258 g/mol. The zero-order valence-corrected chi connectivity index (χ0v) is 11.1. The van der Waals surface area contributed by atoms with Crippen LogP contribution in [0.5, 0.6) is 0 Å². The summed E-state index contributed by atoms with van der Waals surface area (Å²) >= 11 is 0. The molecule has 1 unspecified atom stereocenters. The normalized spacial score (nSPS) is 19.7. The molecule has 0 saturated carbocycles. The maximum atomic E-state index is 12.4. The van der Waals surface area contributed by atoms with Gasteiger partial charge in [-0.2, -0.15) is 0 Å². The Morgan fingerprint density at radius 2 is 2.32 bits per heavy atom. The number of hydrogen-bond acceptors (Lipinski definition) is 3. The number of ketones is 1. The third-order valence-electron chi connectivity index (χ3n) is 3.63. The number of fused-ring (bicyclic) bond motifs is 1. The highest BCUT2D eigenvalue weighted by Gasteiger charge is 2.20. The predicted molar refractivity (Wildman–Crippen MR) is 74.5 cm³/mol. The first-order chi connectivity index (χ1) is 9.25. The summed E-state index contributed by atoms with van der Waals surface area (Å²) in [6, 6.07) is 8.15. The topological polar surface area (TPSA) is 43.3 Å². The fourth-order valence-electron chi connectivity index (χ4n) is 2.65. The van der Waals surface area contributed by atoms with Gasteiger partial charge in [-0.3, -0.25) is 4.79 Å². The molecule has 1 fully saturated rings. The molecule has 0 bridgehead atoms. The highest BCUT2D eigenvalue weighted by Crippen LogP contribution is 2.22. The number of nitrogens with one attached hydrogen (secondary N) is 1. The first kappa shape index (κ1) is 12.4. The standard InChI is InChI=1S/C15H18N2O2/c1-17-9-13(12-4-2-3-5-14(12)17)15(18)8-11-10-19-7-6-16-11/h2-5,9,11,16H,6-8,10H2,1H3. The molecule has 1 aliphatic rings. The molecule has 0 spiro atoms. The third kappa shape index (κ3) is 2.41. The number of ether oxygens (including phenoxy) is 1.